The Bertz CT molecular complexity index is 470. The number of ether oxygens (including phenoxy) is 2. The van der Waals surface area contributed by atoms with Crippen molar-refractivity contribution < 1.29 is 14.3 Å². The average molecular weight is 510 g/mol. The van der Waals surface area contributed by atoms with Gasteiger partial charge in [-0.05, 0) is 25.2 Å². The number of amides is 1. The minimum absolute atomic E-state index is 0. The molecule has 0 spiro atoms. The highest BCUT2D eigenvalue weighted by Crippen LogP contribution is 2.23. The van der Waals surface area contributed by atoms with Crippen molar-refractivity contribution in [2.75, 3.05) is 67.2 Å². The molecule has 0 bridgehead atoms. The maximum Gasteiger partial charge on any atom is 0.243 e. The van der Waals surface area contributed by atoms with Crippen molar-refractivity contribution in [2.45, 2.75) is 38.5 Å². The molecule has 0 aromatic carbocycles. The van der Waals surface area contributed by atoms with E-state index < -0.39 is 0 Å². The summed E-state index contributed by atoms with van der Waals surface area (Å²) in [5, 5.41) is 3.57. The number of likely N-dealkylation sites (tertiary alicyclic amines) is 1. The molecule has 164 valence electrons. The Balaban J connectivity index is 0.00000392. The number of rotatable bonds is 9. The Morgan fingerprint density at radius 1 is 1.14 bits per heavy atom. The van der Waals surface area contributed by atoms with Crippen molar-refractivity contribution in [3.63, 3.8) is 0 Å². The van der Waals surface area contributed by atoms with Crippen molar-refractivity contribution in [1.82, 2.24) is 15.1 Å². The van der Waals surface area contributed by atoms with Crippen LogP contribution in [0.2, 0.25) is 0 Å². The lowest BCUT2D eigenvalue weighted by atomic mass is 9.89. The molecule has 1 saturated heterocycles. The zero-order valence-electron chi connectivity index (χ0n) is 17.8. The van der Waals surface area contributed by atoms with Gasteiger partial charge in [-0.25, -0.2) is 4.99 Å². The highest BCUT2D eigenvalue weighted by Gasteiger charge is 2.26. The Hall–Kier alpha value is -0.610. The van der Waals surface area contributed by atoms with Crippen LogP contribution in [0, 0.1) is 11.8 Å². The number of nitrogens with zero attached hydrogens (tertiary/aromatic N) is 3. The van der Waals surface area contributed by atoms with E-state index in [1.54, 1.807) is 26.1 Å². The summed E-state index contributed by atoms with van der Waals surface area (Å²) in [6.07, 6.45) is 7.73. The number of hydrogen-bond acceptors (Lipinski definition) is 4. The number of aliphatic imine (C=N–C) groups is 1. The Kier molecular flexibility index (Phi) is 13.1. The van der Waals surface area contributed by atoms with E-state index in [2.05, 4.69) is 15.2 Å². The number of halogens is 1. The molecule has 8 heteroatoms. The molecule has 1 aliphatic carbocycles. The van der Waals surface area contributed by atoms with Gasteiger partial charge in [0, 0.05) is 46.8 Å². The second kappa shape index (κ2) is 14.4. The van der Waals surface area contributed by atoms with Crippen LogP contribution in [-0.4, -0.2) is 88.9 Å². The molecule has 1 heterocycles. The minimum atomic E-state index is 0. The van der Waals surface area contributed by atoms with Crippen LogP contribution in [0.15, 0.2) is 4.99 Å². The van der Waals surface area contributed by atoms with Gasteiger partial charge < -0.3 is 24.6 Å². The molecule has 1 aliphatic heterocycles. The van der Waals surface area contributed by atoms with E-state index in [4.69, 9.17) is 9.47 Å². The smallest absolute Gasteiger partial charge is 0.243 e. The normalized spacial score (nSPS) is 20.8. The van der Waals surface area contributed by atoms with E-state index in [-0.39, 0.29) is 36.4 Å². The second-order valence-electron chi connectivity index (χ2n) is 7.98. The number of guanidine groups is 1. The SMILES string of the molecule is COCCOCC1CCN(C(=NCC(=O)N(C)C)NCC2CCCCC2)C1.I. The first-order valence-electron chi connectivity index (χ1n) is 10.4. The van der Waals surface area contributed by atoms with E-state index in [0.717, 1.165) is 44.5 Å². The second-order valence-corrected chi connectivity index (χ2v) is 7.98. The minimum Gasteiger partial charge on any atom is -0.382 e. The van der Waals surface area contributed by atoms with Crippen LogP contribution in [0.3, 0.4) is 0 Å². The number of hydrogen-bond donors (Lipinski definition) is 1. The maximum absolute atomic E-state index is 12.0. The molecule has 1 saturated carbocycles. The molecule has 0 aromatic heterocycles. The van der Waals surface area contributed by atoms with Gasteiger partial charge in [0.05, 0.1) is 19.8 Å². The number of nitrogens with one attached hydrogen (secondary N) is 1. The first-order chi connectivity index (χ1) is 13.1. The molecule has 1 N–H and O–H groups in total. The first-order valence-corrected chi connectivity index (χ1v) is 10.4. The van der Waals surface area contributed by atoms with Crippen LogP contribution >= 0.6 is 24.0 Å². The van der Waals surface area contributed by atoms with E-state index >= 15 is 0 Å². The molecular formula is C20H39IN4O3. The zero-order valence-corrected chi connectivity index (χ0v) is 20.2. The van der Waals surface area contributed by atoms with Gasteiger partial charge in [0.25, 0.3) is 0 Å². The maximum atomic E-state index is 12.0. The topological polar surface area (TPSA) is 66.4 Å². The predicted molar refractivity (Wildman–Crippen MR) is 123 cm³/mol. The van der Waals surface area contributed by atoms with Crippen molar-refractivity contribution in [3.8, 4) is 0 Å². The van der Waals surface area contributed by atoms with Crippen molar-refractivity contribution in [2.24, 2.45) is 16.8 Å². The summed E-state index contributed by atoms with van der Waals surface area (Å²) < 4.78 is 10.7. The molecule has 7 nitrogen and oxygen atoms in total. The summed E-state index contributed by atoms with van der Waals surface area (Å²) in [4.78, 5) is 20.5. The van der Waals surface area contributed by atoms with Gasteiger partial charge in [-0.15, -0.1) is 24.0 Å². The highest BCUT2D eigenvalue weighted by atomic mass is 127. The lowest BCUT2D eigenvalue weighted by Crippen LogP contribution is -2.43. The third kappa shape index (κ3) is 9.26. The number of carbonyl (C=O) groups is 1. The fourth-order valence-corrected chi connectivity index (χ4v) is 3.73. The van der Waals surface area contributed by atoms with Gasteiger partial charge in [0.15, 0.2) is 5.96 Å². The van der Waals surface area contributed by atoms with Crippen LogP contribution in [0.5, 0.6) is 0 Å². The summed E-state index contributed by atoms with van der Waals surface area (Å²) in [7, 11) is 5.24. The van der Waals surface area contributed by atoms with Gasteiger partial charge in [-0.2, -0.15) is 0 Å². The molecule has 1 atom stereocenters. The quantitative estimate of drug-likeness (QED) is 0.223. The van der Waals surface area contributed by atoms with Crippen molar-refractivity contribution in [3.05, 3.63) is 0 Å². The summed E-state index contributed by atoms with van der Waals surface area (Å²) in [6.45, 7) is 5.09. The fraction of sp³-hybridized carbons (Fsp3) is 0.900. The lowest BCUT2D eigenvalue weighted by molar-refractivity contribution is -0.127. The van der Waals surface area contributed by atoms with Gasteiger partial charge in [-0.3, -0.25) is 4.79 Å². The van der Waals surface area contributed by atoms with E-state index in [0.29, 0.717) is 19.1 Å². The Morgan fingerprint density at radius 3 is 2.57 bits per heavy atom. The average Bonchev–Trinajstić information content (AvgIpc) is 3.14. The standard InChI is InChI=1S/C20H38N4O3.HI/c1-23(2)19(25)14-22-20(21-13-17-7-5-4-6-8-17)24-10-9-18(15-24)16-27-12-11-26-3;/h17-18H,4-16H2,1-3H3,(H,21,22);1H. The lowest BCUT2D eigenvalue weighted by Gasteiger charge is -2.26. The third-order valence-electron chi connectivity index (χ3n) is 5.51. The molecule has 1 amide bonds. The van der Waals surface area contributed by atoms with E-state index in [9.17, 15) is 4.79 Å². The largest absolute Gasteiger partial charge is 0.382 e. The summed E-state index contributed by atoms with van der Waals surface area (Å²) in [6, 6.07) is 0. The van der Waals surface area contributed by atoms with Crippen LogP contribution in [0.1, 0.15) is 38.5 Å². The van der Waals surface area contributed by atoms with Gasteiger partial charge in [0.1, 0.15) is 6.54 Å². The van der Waals surface area contributed by atoms with Gasteiger partial charge in [-0.1, -0.05) is 19.3 Å². The Labute approximate surface area is 187 Å². The third-order valence-corrected chi connectivity index (χ3v) is 5.51. The summed E-state index contributed by atoms with van der Waals surface area (Å²) in [5.74, 6) is 2.15. The van der Waals surface area contributed by atoms with Gasteiger partial charge >= 0.3 is 0 Å². The molecular weight excluding hydrogens is 471 g/mol. The fourth-order valence-electron chi connectivity index (χ4n) is 3.73. The molecule has 0 aromatic rings. The Morgan fingerprint density at radius 2 is 1.89 bits per heavy atom. The monoisotopic (exact) mass is 510 g/mol. The highest BCUT2D eigenvalue weighted by molar-refractivity contribution is 14.0. The molecule has 2 fully saturated rings. The van der Waals surface area contributed by atoms with E-state index in [1.165, 1.54) is 32.1 Å². The van der Waals surface area contributed by atoms with Crippen molar-refractivity contribution in [1.29, 1.82) is 0 Å². The zero-order chi connectivity index (χ0) is 19.5. The van der Waals surface area contributed by atoms with E-state index in [1.807, 2.05) is 0 Å². The summed E-state index contributed by atoms with van der Waals surface area (Å²) in [5.41, 5.74) is 0. The number of carbonyl (C=O) groups excluding carboxylic acids is 1. The van der Waals surface area contributed by atoms with Crippen LogP contribution in [0.4, 0.5) is 0 Å². The molecule has 1 unspecified atom stereocenters. The molecule has 2 aliphatic rings. The molecule has 28 heavy (non-hydrogen) atoms. The first kappa shape index (κ1) is 25.4. The van der Waals surface area contributed by atoms with Gasteiger partial charge in [0.2, 0.25) is 5.91 Å². The predicted octanol–water partition coefficient (Wildman–Crippen LogP) is 2.20. The van der Waals surface area contributed by atoms with Crippen LogP contribution in [0.25, 0.3) is 0 Å². The summed E-state index contributed by atoms with van der Waals surface area (Å²) >= 11 is 0. The molecule has 2 rings (SSSR count). The van der Waals surface area contributed by atoms with Crippen molar-refractivity contribution >= 4 is 35.8 Å². The molecule has 0 radical (unpaired) electrons. The van der Waals surface area contributed by atoms with Crippen LogP contribution in [-0.2, 0) is 14.3 Å². The number of methoxy groups -OCH3 is 1. The van der Waals surface area contributed by atoms with Crippen LogP contribution < -0.4 is 5.32 Å². The number of likely N-dealkylation sites (N-methyl/N-ethyl adjacent to an activating group) is 1.